The number of rotatable bonds is 6. The second kappa shape index (κ2) is 10.4. The van der Waals surface area contributed by atoms with Gasteiger partial charge in [-0.25, -0.2) is 4.79 Å². The Morgan fingerprint density at radius 3 is 2.82 bits per heavy atom. The minimum Gasteiger partial charge on any atom is -0.444 e. The average molecular weight is 501 g/mol. The monoisotopic (exact) mass is 500 g/mol. The van der Waals surface area contributed by atoms with Crippen molar-refractivity contribution in [1.82, 2.24) is 10.6 Å². The zero-order chi connectivity index (χ0) is 24.3. The number of carbonyl (C=O) groups is 2. The molecule has 0 aromatic carbocycles. The van der Waals surface area contributed by atoms with Crippen LogP contribution >= 0.6 is 22.7 Å². The number of thiophene rings is 2. The quantitative estimate of drug-likeness (QED) is 0.613. The van der Waals surface area contributed by atoms with Crippen molar-refractivity contribution in [3.8, 4) is 6.07 Å². The van der Waals surface area contributed by atoms with Crippen molar-refractivity contribution in [2.24, 2.45) is 0 Å². The van der Waals surface area contributed by atoms with E-state index in [-0.39, 0.29) is 11.9 Å². The molecule has 9 heteroatoms. The summed E-state index contributed by atoms with van der Waals surface area (Å²) < 4.78 is 5.38. The summed E-state index contributed by atoms with van der Waals surface area (Å²) in [6.45, 7) is 6.86. The van der Waals surface area contributed by atoms with Crippen LogP contribution in [0, 0.1) is 11.3 Å². The molecule has 1 saturated heterocycles. The van der Waals surface area contributed by atoms with E-state index in [1.54, 1.807) is 43.4 Å². The number of fused-ring (bicyclic) bond motifs is 1. The number of amides is 2. The predicted molar refractivity (Wildman–Crippen MR) is 136 cm³/mol. The van der Waals surface area contributed by atoms with Crippen molar-refractivity contribution in [1.29, 1.82) is 5.26 Å². The summed E-state index contributed by atoms with van der Waals surface area (Å²) in [5.74, 6) is -0.211. The molecule has 34 heavy (non-hydrogen) atoms. The smallest absolute Gasteiger partial charge is 0.408 e. The molecule has 0 spiro atoms. The van der Waals surface area contributed by atoms with Crippen LogP contribution in [0.15, 0.2) is 17.5 Å². The SMILES string of the molecule is CC(C)(C)OC(=O)NC(Cc1cccs1)C(=O)NC1CCN(c2sc3c(c2C#N)CCCC3)C1. The molecule has 2 atom stereocenters. The van der Waals surface area contributed by atoms with Gasteiger partial charge in [0.1, 0.15) is 22.7 Å². The fourth-order valence-electron chi connectivity index (χ4n) is 4.54. The molecule has 0 radical (unpaired) electrons. The van der Waals surface area contributed by atoms with E-state index in [1.807, 2.05) is 17.5 Å². The third kappa shape index (κ3) is 5.91. The topological polar surface area (TPSA) is 94.5 Å². The van der Waals surface area contributed by atoms with Gasteiger partial charge in [0.2, 0.25) is 5.91 Å². The molecule has 2 aromatic rings. The lowest BCUT2D eigenvalue weighted by atomic mass is 9.96. The molecule has 182 valence electrons. The standard InChI is InChI=1S/C25H32N4O3S2/c1-25(2,3)32-24(31)28-20(13-17-7-6-12-33-17)22(30)27-16-10-11-29(15-16)23-19(14-26)18-8-4-5-9-21(18)34-23/h6-7,12,16,20H,4-5,8-11,13,15H2,1-3H3,(H,27,30)(H,28,31). The average Bonchev–Trinajstić information content (AvgIpc) is 3.51. The number of anilines is 1. The highest BCUT2D eigenvalue weighted by atomic mass is 32.1. The summed E-state index contributed by atoms with van der Waals surface area (Å²) in [4.78, 5) is 30.2. The maximum absolute atomic E-state index is 13.2. The van der Waals surface area contributed by atoms with E-state index in [2.05, 4.69) is 21.6 Å². The molecule has 2 amide bonds. The van der Waals surface area contributed by atoms with E-state index in [4.69, 9.17) is 4.74 Å². The third-order valence-corrected chi connectivity index (χ3v) is 8.33. The Bertz CT molecular complexity index is 1070. The molecule has 2 aliphatic rings. The van der Waals surface area contributed by atoms with Crippen molar-refractivity contribution in [3.63, 3.8) is 0 Å². The van der Waals surface area contributed by atoms with Crippen LogP contribution in [0.1, 0.15) is 60.9 Å². The number of hydrogen-bond donors (Lipinski definition) is 2. The van der Waals surface area contributed by atoms with Crippen molar-refractivity contribution in [3.05, 3.63) is 38.4 Å². The summed E-state index contributed by atoms with van der Waals surface area (Å²) in [5.41, 5.74) is 1.42. The van der Waals surface area contributed by atoms with E-state index in [0.717, 1.165) is 47.7 Å². The molecule has 4 rings (SSSR count). The lowest BCUT2D eigenvalue weighted by Gasteiger charge is -2.24. The molecule has 2 unspecified atom stereocenters. The van der Waals surface area contributed by atoms with Gasteiger partial charge in [-0.05, 0) is 69.9 Å². The predicted octanol–water partition coefficient (Wildman–Crippen LogP) is 4.39. The van der Waals surface area contributed by atoms with Gasteiger partial charge >= 0.3 is 6.09 Å². The molecular formula is C25H32N4O3S2. The molecule has 0 saturated carbocycles. The summed E-state index contributed by atoms with van der Waals surface area (Å²) in [6.07, 6.45) is 5.00. The van der Waals surface area contributed by atoms with Crippen LogP contribution in [0.5, 0.6) is 0 Å². The highest BCUT2D eigenvalue weighted by Gasteiger charge is 2.32. The fraction of sp³-hybridized carbons (Fsp3) is 0.560. The number of aryl methyl sites for hydroxylation is 1. The highest BCUT2D eigenvalue weighted by molar-refractivity contribution is 7.16. The normalized spacial score (nSPS) is 18.6. The Labute approximate surface area is 209 Å². The number of nitrogens with one attached hydrogen (secondary N) is 2. The first-order valence-corrected chi connectivity index (χ1v) is 13.5. The largest absolute Gasteiger partial charge is 0.444 e. The molecule has 2 aromatic heterocycles. The Morgan fingerprint density at radius 2 is 2.12 bits per heavy atom. The fourth-order valence-corrected chi connectivity index (χ4v) is 6.67. The van der Waals surface area contributed by atoms with Crippen LogP contribution in [0.3, 0.4) is 0 Å². The highest BCUT2D eigenvalue weighted by Crippen LogP contribution is 2.40. The Morgan fingerprint density at radius 1 is 1.32 bits per heavy atom. The second-order valence-electron chi connectivity index (χ2n) is 9.93. The summed E-state index contributed by atoms with van der Waals surface area (Å²) in [5, 5.41) is 18.7. The van der Waals surface area contributed by atoms with E-state index in [9.17, 15) is 14.9 Å². The number of nitrogens with zero attached hydrogens (tertiary/aromatic N) is 2. The lowest BCUT2D eigenvalue weighted by molar-refractivity contribution is -0.123. The molecule has 0 bridgehead atoms. The maximum atomic E-state index is 13.2. The van der Waals surface area contributed by atoms with Gasteiger partial charge in [-0.2, -0.15) is 5.26 Å². The Kier molecular flexibility index (Phi) is 7.48. The zero-order valence-corrected chi connectivity index (χ0v) is 21.6. The van der Waals surface area contributed by atoms with Gasteiger partial charge in [-0.3, -0.25) is 4.79 Å². The number of carbonyl (C=O) groups excluding carboxylic acids is 2. The number of ether oxygens (including phenoxy) is 1. The number of alkyl carbamates (subject to hydrolysis) is 1. The van der Waals surface area contributed by atoms with Gasteiger partial charge in [-0.1, -0.05) is 6.07 Å². The zero-order valence-electron chi connectivity index (χ0n) is 20.0. The summed E-state index contributed by atoms with van der Waals surface area (Å²) >= 11 is 3.30. The van der Waals surface area contributed by atoms with Crippen LogP contribution in [-0.2, 0) is 28.8 Å². The minimum atomic E-state index is -0.716. The van der Waals surface area contributed by atoms with E-state index in [0.29, 0.717) is 13.0 Å². The first-order chi connectivity index (χ1) is 16.2. The second-order valence-corrected chi connectivity index (χ2v) is 12.0. The van der Waals surface area contributed by atoms with Crippen LogP contribution < -0.4 is 15.5 Å². The first kappa shape index (κ1) is 24.6. The van der Waals surface area contributed by atoms with Gasteiger partial charge in [0.15, 0.2) is 0 Å². The van der Waals surface area contributed by atoms with Gasteiger partial charge in [0.25, 0.3) is 0 Å². The van der Waals surface area contributed by atoms with Crippen LogP contribution in [0.2, 0.25) is 0 Å². The number of hydrogen-bond acceptors (Lipinski definition) is 7. The van der Waals surface area contributed by atoms with Crippen molar-refractivity contribution >= 4 is 39.7 Å². The van der Waals surface area contributed by atoms with E-state index >= 15 is 0 Å². The molecule has 1 fully saturated rings. The number of nitriles is 1. The Balaban J connectivity index is 1.41. The maximum Gasteiger partial charge on any atom is 0.408 e. The first-order valence-electron chi connectivity index (χ1n) is 11.9. The summed E-state index contributed by atoms with van der Waals surface area (Å²) in [7, 11) is 0. The third-order valence-electron chi connectivity index (χ3n) is 6.08. The van der Waals surface area contributed by atoms with E-state index in [1.165, 1.54) is 16.9 Å². The minimum absolute atomic E-state index is 0.0376. The van der Waals surface area contributed by atoms with Gasteiger partial charge in [0, 0.05) is 35.3 Å². The van der Waals surface area contributed by atoms with Gasteiger partial charge < -0.3 is 20.3 Å². The molecule has 1 aliphatic heterocycles. The molecular weight excluding hydrogens is 468 g/mol. The van der Waals surface area contributed by atoms with E-state index < -0.39 is 17.7 Å². The van der Waals surface area contributed by atoms with Gasteiger partial charge in [0.05, 0.1) is 5.56 Å². The summed E-state index contributed by atoms with van der Waals surface area (Å²) in [6, 6.07) is 5.58. The van der Waals surface area contributed by atoms with Crippen molar-refractivity contribution < 1.29 is 14.3 Å². The lowest BCUT2D eigenvalue weighted by Crippen LogP contribution is -2.52. The molecule has 1 aliphatic carbocycles. The molecule has 7 nitrogen and oxygen atoms in total. The van der Waals surface area contributed by atoms with Crippen LogP contribution in [-0.4, -0.2) is 42.8 Å². The van der Waals surface area contributed by atoms with Crippen LogP contribution in [0.4, 0.5) is 9.80 Å². The Hall–Kier alpha value is -2.57. The van der Waals surface area contributed by atoms with Crippen molar-refractivity contribution in [2.75, 3.05) is 18.0 Å². The molecule has 2 N–H and O–H groups in total. The van der Waals surface area contributed by atoms with Crippen LogP contribution in [0.25, 0.3) is 0 Å². The van der Waals surface area contributed by atoms with Crippen molar-refractivity contribution in [2.45, 2.75) is 77.0 Å². The molecule has 3 heterocycles. The van der Waals surface area contributed by atoms with Gasteiger partial charge in [-0.15, -0.1) is 22.7 Å².